The first kappa shape index (κ1) is 14.6. The third-order valence-corrected chi connectivity index (χ3v) is 4.30. The van der Waals surface area contributed by atoms with E-state index >= 15 is 0 Å². The molecule has 19 heavy (non-hydrogen) atoms. The Morgan fingerprint density at radius 1 is 1.26 bits per heavy atom. The Hall–Kier alpha value is -0.835. The summed E-state index contributed by atoms with van der Waals surface area (Å²) in [5.41, 5.74) is 2.60. The maximum absolute atomic E-state index is 10.1. The Morgan fingerprint density at radius 2 is 2.00 bits per heavy atom. The molecule has 0 fully saturated rings. The summed E-state index contributed by atoms with van der Waals surface area (Å²) in [4.78, 5) is 0. The lowest BCUT2D eigenvalue weighted by atomic mass is 9.77. The van der Waals surface area contributed by atoms with Crippen molar-refractivity contribution in [2.24, 2.45) is 0 Å². The van der Waals surface area contributed by atoms with Gasteiger partial charge in [-0.15, -0.1) is 0 Å². The van der Waals surface area contributed by atoms with Crippen LogP contribution >= 0.6 is 0 Å². The first-order valence-corrected chi connectivity index (χ1v) is 6.98. The van der Waals surface area contributed by atoms with Gasteiger partial charge in [0.15, 0.2) is 0 Å². The summed E-state index contributed by atoms with van der Waals surface area (Å²) in [6.45, 7) is 9.42. The number of rotatable bonds is 4. The highest BCUT2D eigenvalue weighted by atomic mass is 16.5. The van der Waals surface area contributed by atoms with Crippen LogP contribution in [0, 0.1) is 0 Å². The molecule has 0 saturated heterocycles. The van der Waals surface area contributed by atoms with Crippen molar-refractivity contribution in [1.82, 2.24) is 5.32 Å². The zero-order valence-electron chi connectivity index (χ0n) is 12.4. The Kier molecular flexibility index (Phi) is 4.04. The maximum atomic E-state index is 10.1. The number of fused-ring (bicyclic) bond motifs is 1. The monoisotopic (exact) mass is 261 g/mol. The molecule has 1 heterocycles. The SMILES string of the molecule is CC(C)(O)C(C)(C)OBc1cccc2c1CCNC2. The van der Waals surface area contributed by atoms with E-state index in [1.165, 1.54) is 16.6 Å². The van der Waals surface area contributed by atoms with Gasteiger partial charge in [-0.2, -0.15) is 0 Å². The van der Waals surface area contributed by atoms with Crippen molar-refractivity contribution < 1.29 is 9.76 Å². The highest BCUT2D eigenvalue weighted by molar-refractivity contribution is 6.47. The molecule has 1 aliphatic heterocycles. The first-order valence-electron chi connectivity index (χ1n) is 6.98. The molecule has 0 atom stereocenters. The summed E-state index contributed by atoms with van der Waals surface area (Å²) in [6.07, 6.45) is 1.05. The molecule has 2 rings (SSSR count). The molecule has 104 valence electrons. The molecule has 0 spiro atoms. The summed E-state index contributed by atoms with van der Waals surface area (Å²) >= 11 is 0. The highest BCUT2D eigenvalue weighted by Gasteiger charge is 2.35. The molecular weight excluding hydrogens is 237 g/mol. The molecule has 0 saturated carbocycles. The van der Waals surface area contributed by atoms with Crippen LogP contribution < -0.4 is 10.8 Å². The number of nitrogens with one attached hydrogen (secondary N) is 1. The van der Waals surface area contributed by atoms with Gasteiger partial charge < -0.3 is 15.1 Å². The molecule has 1 aromatic rings. The highest BCUT2D eigenvalue weighted by Crippen LogP contribution is 2.24. The van der Waals surface area contributed by atoms with Gasteiger partial charge in [0.2, 0.25) is 0 Å². The van der Waals surface area contributed by atoms with Crippen molar-refractivity contribution in [3.63, 3.8) is 0 Å². The second-order valence-electron chi connectivity index (χ2n) is 6.34. The minimum atomic E-state index is -0.858. The van der Waals surface area contributed by atoms with E-state index in [9.17, 15) is 5.11 Å². The van der Waals surface area contributed by atoms with Crippen LogP contribution in [0.2, 0.25) is 0 Å². The second-order valence-corrected chi connectivity index (χ2v) is 6.34. The third-order valence-electron chi connectivity index (χ3n) is 4.30. The number of hydrogen-bond acceptors (Lipinski definition) is 3. The van der Waals surface area contributed by atoms with Crippen molar-refractivity contribution in [2.75, 3.05) is 6.54 Å². The van der Waals surface area contributed by atoms with E-state index < -0.39 is 11.2 Å². The minimum Gasteiger partial charge on any atom is -0.427 e. The van der Waals surface area contributed by atoms with E-state index in [1.54, 1.807) is 13.8 Å². The minimum absolute atomic E-state index is 0.556. The Bertz CT molecular complexity index is 452. The van der Waals surface area contributed by atoms with Gasteiger partial charge in [0, 0.05) is 6.54 Å². The summed E-state index contributed by atoms with van der Waals surface area (Å²) in [7, 11) is 0.556. The molecule has 0 unspecified atom stereocenters. The van der Waals surface area contributed by atoms with Gasteiger partial charge in [-0.1, -0.05) is 18.2 Å². The molecular formula is C15H24BNO2. The summed E-state index contributed by atoms with van der Waals surface area (Å²) in [6, 6.07) is 6.39. The lowest BCUT2D eigenvalue weighted by Gasteiger charge is -2.38. The Labute approximate surface area is 116 Å². The molecule has 3 nitrogen and oxygen atoms in total. The van der Waals surface area contributed by atoms with E-state index in [-0.39, 0.29) is 0 Å². The lowest BCUT2D eigenvalue weighted by Crippen LogP contribution is -2.49. The standard InChI is InChI=1S/C15H24BNO2/c1-14(2,18)15(3,4)19-16-13-7-5-6-11-10-17-9-8-12(11)13/h5-7,16-18H,8-10H2,1-4H3. The predicted octanol–water partition coefficient (Wildman–Crippen LogP) is 0.875. The molecule has 1 aromatic carbocycles. The van der Waals surface area contributed by atoms with Crippen molar-refractivity contribution in [3.8, 4) is 0 Å². The predicted molar refractivity (Wildman–Crippen MR) is 80.1 cm³/mol. The Balaban J connectivity index is 2.12. The Morgan fingerprint density at radius 3 is 2.68 bits per heavy atom. The van der Waals surface area contributed by atoms with Crippen LogP contribution in [-0.4, -0.2) is 30.3 Å². The van der Waals surface area contributed by atoms with Crippen LogP contribution in [0.5, 0.6) is 0 Å². The molecule has 4 heteroatoms. The van der Waals surface area contributed by atoms with Gasteiger partial charge in [-0.25, -0.2) is 0 Å². The zero-order valence-corrected chi connectivity index (χ0v) is 12.4. The van der Waals surface area contributed by atoms with Gasteiger partial charge >= 0.3 is 7.48 Å². The van der Waals surface area contributed by atoms with Crippen molar-refractivity contribution in [1.29, 1.82) is 0 Å². The zero-order chi connectivity index (χ0) is 14.1. The first-order chi connectivity index (χ1) is 8.81. The van der Waals surface area contributed by atoms with Gasteiger partial charge in [0.25, 0.3) is 0 Å². The number of hydrogen-bond donors (Lipinski definition) is 2. The van der Waals surface area contributed by atoms with E-state index in [4.69, 9.17) is 4.65 Å². The normalized spacial score (nSPS) is 16.1. The van der Waals surface area contributed by atoms with E-state index in [1.807, 2.05) is 13.8 Å². The number of benzene rings is 1. The lowest BCUT2D eigenvalue weighted by molar-refractivity contribution is -0.0893. The second kappa shape index (κ2) is 5.27. The smallest absolute Gasteiger partial charge is 0.309 e. The van der Waals surface area contributed by atoms with Crippen LogP contribution in [0.15, 0.2) is 18.2 Å². The van der Waals surface area contributed by atoms with Crippen molar-refractivity contribution in [2.45, 2.75) is 51.9 Å². The fraction of sp³-hybridized carbons (Fsp3) is 0.600. The van der Waals surface area contributed by atoms with Crippen LogP contribution in [0.4, 0.5) is 0 Å². The molecule has 1 aliphatic rings. The average Bonchev–Trinajstić information content (AvgIpc) is 2.35. The molecule has 0 aromatic heterocycles. The topological polar surface area (TPSA) is 41.5 Å². The van der Waals surface area contributed by atoms with E-state index in [0.717, 1.165) is 19.5 Å². The van der Waals surface area contributed by atoms with Crippen molar-refractivity contribution >= 4 is 12.9 Å². The van der Waals surface area contributed by atoms with Crippen LogP contribution in [0.3, 0.4) is 0 Å². The number of aliphatic hydroxyl groups is 1. The van der Waals surface area contributed by atoms with Crippen LogP contribution in [-0.2, 0) is 17.6 Å². The molecule has 2 N–H and O–H groups in total. The maximum Gasteiger partial charge on any atom is 0.309 e. The van der Waals surface area contributed by atoms with Gasteiger partial charge in [0.05, 0.1) is 11.2 Å². The molecule has 0 aliphatic carbocycles. The van der Waals surface area contributed by atoms with E-state index in [0.29, 0.717) is 7.48 Å². The van der Waals surface area contributed by atoms with Crippen molar-refractivity contribution in [3.05, 3.63) is 29.3 Å². The third kappa shape index (κ3) is 3.19. The summed E-state index contributed by atoms with van der Waals surface area (Å²) < 4.78 is 5.98. The largest absolute Gasteiger partial charge is 0.427 e. The quantitative estimate of drug-likeness (QED) is 0.790. The van der Waals surface area contributed by atoms with Gasteiger partial charge in [0.1, 0.15) is 0 Å². The van der Waals surface area contributed by atoms with Gasteiger partial charge in [-0.05, 0) is 57.3 Å². The van der Waals surface area contributed by atoms with Gasteiger partial charge in [-0.3, -0.25) is 0 Å². The molecule has 0 bridgehead atoms. The van der Waals surface area contributed by atoms with Crippen LogP contribution in [0.1, 0.15) is 38.8 Å². The average molecular weight is 261 g/mol. The summed E-state index contributed by atoms with van der Waals surface area (Å²) in [5.74, 6) is 0. The van der Waals surface area contributed by atoms with E-state index in [2.05, 4.69) is 23.5 Å². The molecule has 0 radical (unpaired) electrons. The molecule has 0 amide bonds. The van der Waals surface area contributed by atoms with Crippen LogP contribution in [0.25, 0.3) is 0 Å². The summed E-state index contributed by atoms with van der Waals surface area (Å²) in [5, 5.41) is 13.5. The fourth-order valence-electron chi connectivity index (χ4n) is 2.18. The fourth-order valence-corrected chi connectivity index (χ4v) is 2.18.